The molecule has 0 unspecified atom stereocenters. The van der Waals surface area contributed by atoms with Crippen molar-refractivity contribution in [3.05, 3.63) is 271 Å². The first-order valence-electron chi connectivity index (χ1n) is 45.8. The Labute approximate surface area is 864 Å². The van der Waals surface area contributed by atoms with Crippen LogP contribution in [0.3, 0.4) is 0 Å². The third-order valence-corrected chi connectivity index (χ3v) is 22.6. The molecule has 8 N–H and O–H groups in total. The molecule has 40 nitrogen and oxygen atoms in total. The molecule has 13 heterocycles. The van der Waals surface area contributed by atoms with Gasteiger partial charge in [-0.15, -0.1) is 0 Å². The van der Waals surface area contributed by atoms with E-state index in [0.717, 1.165) is 71.4 Å². The van der Waals surface area contributed by atoms with Crippen LogP contribution in [-0.2, 0) is 52.0 Å². The fourth-order valence-corrected chi connectivity index (χ4v) is 14.9. The number of hydrogen-bond acceptors (Lipinski definition) is 37. The van der Waals surface area contributed by atoms with Crippen molar-refractivity contribution in [1.29, 1.82) is 0 Å². The van der Waals surface area contributed by atoms with E-state index in [-0.39, 0.29) is 107 Å². The average molecular weight is 2140 g/mol. The second-order valence-electron chi connectivity index (χ2n) is 32.2. The van der Waals surface area contributed by atoms with Gasteiger partial charge < -0.3 is 64.1 Å². The first-order valence-corrected chi connectivity index (χ1v) is 47.0. The highest BCUT2D eigenvalue weighted by atomic mass is 35.5. The predicted octanol–water partition coefficient (Wildman–Crippen LogP) is 15.2. The molecule has 0 aliphatic carbocycles. The summed E-state index contributed by atoms with van der Waals surface area (Å²) < 4.78 is 172. The van der Waals surface area contributed by atoms with E-state index >= 15 is 0 Å². The van der Waals surface area contributed by atoms with Crippen LogP contribution in [0.5, 0.6) is 0 Å². The molecule has 4 aromatic carbocycles. The molecule has 0 atom stereocenters. The van der Waals surface area contributed by atoms with Gasteiger partial charge in [0, 0.05) is 119 Å². The van der Waals surface area contributed by atoms with Crippen LogP contribution in [0.4, 0.5) is 124 Å². The Kier molecular flexibility index (Phi) is 40.9. The van der Waals surface area contributed by atoms with Gasteiger partial charge in [-0.3, -0.25) is 29.1 Å². The topological polar surface area (TPSA) is 456 Å². The van der Waals surface area contributed by atoms with Crippen molar-refractivity contribution in [2.75, 3.05) is 199 Å². The standard InChI is InChI=1S/2C22H21ClFN7O2.C19H21ClFN5O2.C18H18F4N6O2.C15H14F4N6O/c1-14-4-2-6-16(23)19(14)28-21(32)18-7-3-5-15(27-18)12-26-30-22-25-13-17(24)20(29-22)31-8-10-33-11-9-31;1-14-3-2-4-17(23)19(14)28-21(32)15-5-6-25-16(11-15)12-27-30-22-26-13-18(24)20(29-22)31-7-9-33-10-8-31;1-13-3-2-4-16(20)15(13)11-14(27)5-6-23-25-19-22-12-17(21)18(24-19)26-7-9-28-10-8-26;19-14-11-23-17(26-16(14)28-6-8-30-9-7-28)27-24-5-4-15(29)25-13-3-1-2-12(10-13)18(20,21)22;16-12-9-21-14(23-13(12)25-3-5-26-6-4-25)24-22-8-11-2-1-10(7-20-11)15(17,18)19/h2-7,12-13H,8-11H2,1H3,(H,28,32)(H,25,29,30);2-6,11-13H,7-10H2,1H3,(H,28,32)(H,26,29,30);2-4,6,12H,5,7-11H2,1H3,(H,22,24,25);1-3,5,10-11H,4,6-9H2,(H,25,29)(H,23,26,27);1-2,7-9H,3-6H2,(H,21,23,24)/b26-12+;27-12+;23-6+;24-5+;22-8-. The van der Waals surface area contributed by atoms with Crippen LogP contribution in [0.1, 0.15) is 84.2 Å². The monoisotopic (exact) mass is 2140 g/mol. The lowest BCUT2D eigenvalue weighted by Gasteiger charge is -2.27. The SMILES string of the molecule is Cc1cccc(Cl)c1CC(=O)C/C=N/Nc1ncc(F)c(N2CCOCC2)n1.Cc1cccc(Cl)c1NC(=O)c1cccc(/C=N/Nc2ncc(F)c(N3CCOCC3)n2)n1.Cc1cccc(Cl)c1NC(=O)c1ccnc(/C=N/Nc2ncc(F)c(N3CCOCC3)n2)c1.Fc1cnc(N/N=C\c2ccc(C(F)(F)F)cn2)nc1N1CCOCC1.O=C(C/C=N/Nc1ncc(F)c(N2CCOCC2)n1)Nc1cccc(C(F)(F)F)c1. The molecule has 5 aliphatic rings. The minimum absolute atomic E-state index is 0.0178. The smallest absolute Gasteiger partial charge is 0.378 e. The van der Waals surface area contributed by atoms with Gasteiger partial charge in [0.15, 0.2) is 58.2 Å². The Hall–Kier alpha value is -15.9. The number of alkyl halides is 6. The molecule has 0 spiro atoms. The van der Waals surface area contributed by atoms with Crippen molar-refractivity contribution in [3.63, 3.8) is 0 Å². The van der Waals surface area contributed by atoms with Gasteiger partial charge >= 0.3 is 12.4 Å². The molecule has 0 bridgehead atoms. The summed E-state index contributed by atoms with van der Waals surface area (Å²) >= 11 is 18.5. The minimum atomic E-state index is -4.50. The van der Waals surface area contributed by atoms with Gasteiger partial charge in [-0.05, 0) is 116 Å². The second-order valence-corrected chi connectivity index (χ2v) is 33.4. The van der Waals surface area contributed by atoms with Crippen molar-refractivity contribution < 1.29 is 91.2 Å². The number of Topliss-reactive ketones (excluding diaryl/α,β-unsaturated/α-hetero) is 1. The number of nitrogens with one attached hydrogen (secondary N) is 8. The number of nitrogens with zero attached hydrogens (tertiary/aromatic N) is 23. The van der Waals surface area contributed by atoms with Crippen molar-refractivity contribution in [1.82, 2.24) is 64.8 Å². The minimum Gasteiger partial charge on any atom is -0.378 e. The van der Waals surface area contributed by atoms with Crippen LogP contribution in [0.2, 0.25) is 15.1 Å². The van der Waals surface area contributed by atoms with E-state index in [9.17, 15) is 67.5 Å². The van der Waals surface area contributed by atoms with E-state index in [4.69, 9.17) is 58.5 Å². The number of anilines is 13. The summed E-state index contributed by atoms with van der Waals surface area (Å²) in [4.78, 5) is 110. The first kappa shape index (κ1) is 111. The number of ketones is 1. The van der Waals surface area contributed by atoms with Gasteiger partial charge in [0.25, 0.3) is 11.8 Å². The normalized spacial score (nSPS) is 14.4. The molecule has 150 heavy (non-hydrogen) atoms. The van der Waals surface area contributed by atoms with Gasteiger partial charge in [-0.2, -0.15) is 76.8 Å². The molecule has 3 amide bonds. The lowest BCUT2D eigenvalue weighted by Crippen LogP contribution is -2.37. The summed E-state index contributed by atoms with van der Waals surface area (Å²) in [5, 5.41) is 29.1. The Balaban J connectivity index is 0.000000157. The summed E-state index contributed by atoms with van der Waals surface area (Å²) in [6.07, 6.45) is 5.43. The largest absolute Gasteiger partial charge is 0.417 e. The Morgan fingerprint density at radius 2 is 0.740 bits per heavy atom. The molecule has 12 aromatic rings. The quantitative estimate of drug-likeness (QED) is 0.0123. The Morgan fingerprint density at radius 3 is 1.14 bits per heavy atom. The van der Waals surface area contributed by atoms with E-state index in [2.05, 4.69) is 133 Å². The zero-order valence-corrected chi connectivity index (χ0v) is 82.3. The summed E-state index contributed by atoms with van der Waals surface area (Å²) in [6, 6.07) is 30.8. The fourth-order valence-electron chi connectivity index (χ4n) is 14.0. The van der Waals surface area contributed by atoms with E-state index in [1.54, 1.807) is 73.0 Å². The van der Waals surface area contributed by atoms with Crippen LogP contribution < -0.4 is 67.6 Å². The van der Waals surface area contributed by atoms with Crippen molar-refractivity contribution in [2.45, 2.75) is 52.4 Å². The van der Waals surface area contributed by atoms with Crippen LogP contribution in [0.15, 0.2) is 190 Å². The van der Waals surface area contributed by atoms with Crippen LogP contribution >= 0.6 is 34.8 Å². The summed E-state index contributed by atoms with van der Waals surface area (Å²) in [6.45, 7) is 15.9. The van der Waals surface area contributed by atoms with E-state index in [1.807, 2.05) is 57.2 Å². The number of carbonyl (C=O) groups is 4. The Bertz CT molecular complexity index is 6530. The number of aryl methyl sites for hydroxylation is 3. The number of benzene rings is 4. The molecule has 0 saturated carbocycles. The predicted molar refractivity (Wildman–Crippen MR) is 543 cm³/mol. The number of pyridine rings is 3. The lowest BCUT2D eigenvalue weighted by atomic mass is 10.0. The van der Waals surface area contributed by atoms with Crippen molar-refractivity contribution >= 4 is 165 Å². The van der Waals surface area contributed by atoms with Gasteiger partial charge in [-0.25, -0.2) is 79.0 Å². The summed E-state index contributed by atoms with van der Waals surface area (Å²) in [7, 11) is 0. The third-order valence-electron chi connectivity index (χ3n) is 21.7. The average Bonchev–Trinajstić information content (AvgIpc) is 0.839. The zero-order chi connectivity index (χ0) is 106. The van der Waals surface area contributed by atoms with E-state index < -0.39 is 64.4 Å². The van der Waals surface area contributed by atoms with Crippen LogP contribution in [-0.4, -0.2) is 251 Å². The molecule has 0 radical (unpaired) electrons. The number of hydrogen-bond donors (Lipinski definition) is 8. The molecule has 8 aromatic heterocycles. The third kappa shape index (κ3) is 33.8. The zero-order valence-electron chi connectivity index (χ0n) is 80.0. The second kappa shape index (κ2) is 55.2. The lowest BCUT2D eigenvalue weighted by molar-refractivity contribution is -0.138. The van der Waals surface area contributed by atoms with E-state index in [0.29, 0.717) is 181 Å². The molecule has 5 fully saturated rings. The number of ether oxygens (including phenoxy) is 5. The molecule has 5 aliphatic heterocycles. The van der Waals surface area contributed by atoms with Gasteiger partial charge in [0.2, 0.25) is 35.6 Å². The number of amides is 3. The maximum Gasteiger partial charge on any atom is 0.417 e. The van der Waals surface area contributed by atoms with Gasteiger partial charge in [0.05, 0.1) is 172 Å². The molecule has 786 valence electrons. The highest BCUT2D eigenvalue weighted by Crippen LogP contribution is 2.34. The number of morpholine rings is 5. The first-order chi connectivity index (χ1) is 72.3. The molecular weight excluding hydrogens is 2050 g/mol. The van der Waals surface area contributed by atoms with Gasteiger partial charge in [0.1, 0.15) is 11.5 Å². The van der Waals surface area contributed by atoms with E-state index in [1.165, 1.54) is 55.5 Å². The summed E-state index contributed by atoms with van der Waals surface area (Å²) in [5.74, 6) is -2.60. The fraction of sp³-hybridized carbons (Fsp3) is 0.292. The number of hydrazone groups is 5. The molecule has 54 heteroatoms. The number of carbonyl (C=O) groups excluding carboxylic acids is 4. The number of para-hydroxylation sites is 2. The van der Waals surface area contributed by atoms with Crippen LogP contribution in [0.25, 0.3) is 0 Å². The Morgan fingerprint density at radius 1 is 0.367 bits per heavy atom. The van der Waals surface area contributed by atoms with Crippen molar-refractivity contribution in [2.24, 2.45) is 25.5 Å². The highest BCUT2D eigenvalue weighted by molar-refractivity contribution is 6.34. The van der Waals surface area contributed by atoms with Gasteiger partial charge in [-0.1, -0.05) is 83.3 Å². The molecule has 17 rings (SSSR count). The number of aromatic nitrogens is 13. The van der Waals surface area contributed by atoms with Crippen molar-refractivity contribution in [3.8, 4) is 0 Å². The number of halogens is 14. The maximum absolute atomic E-state index is 14.1. The van der Waals surface area contributed by atoms with Crippen LogP contribution in [0, 0.1) is 49.9 Å². The highest BCUT2D eigenvalue weighted by Gasteiger charge is 2.33. The number of rotatable bonds is 29. The molecule has 5 saturated heterocycles. The molecular formula is C96H95Cl3F11N31O9. The maximum atomic E-state index is 14.1. The summed E-state index contributed by atoms with van der Waals surface area (Å²) in [5.41, 5.74) is 17.5.